The summed E-state index contributed by atoms with van der Waals surface area (Å²) in [5, 5.41) is 3.74. The van der Waals surface area contributed by atoms with Crippen LogP contribution in [0, 0.1) is 0 Å². The van der Waals surface area contributed by atoms with Gasteiger partial charge in [0.15, 0.2) is 5.82 Å². The Morgan fingerprint density at radius 3 is 2.41 bits per heavy atom. The molecule has 1 aliphatic rings. The number of carbonyl (C=O) groups excluding carboxylic acids is 1. The van der Waals surface area contributed by atoms with E-state index < -0.39 is 0 Å². The monoisotopic (exact) mass is 442 g/mol. The van der Waals surface area contributed by atoms with Crippen molar-refractivity contribution in [1.29, 1.82) is 0 Å². The van der Waals surface area contributed by atoms with Crippen molar-refractivity contribution in [3.05, 3.63) is 53.0 Å². The fourth-order valence-corrected chi connectivity index (χ4v) is 4.14. The fraction of sp³-hybridized carbons (Fsp3) is 0.250. The molecule has 1 fully saturated rings. The summed E-state index contributed by atoms with van der Waals surface area (Å²) in [7, 11) is 0. The Bertz CT molecular complexity index is 958. The lowest BCUT2D eigenvalue weighted by molar-refractivity contribution is -0.113. The maximum atomic E-state index is 12.4. The van der Waals surface area contributed by atoms with Crippen molar-refractivity contribution in [3.63, 3.8) is 0 Å². The Kier molecular flexibility index (Phi) is 5.59. The number of nitrogens with zero attached hydrogens (tertiary/aromatic N) is 3. The molecule has 0 atom stereocenters. The average Bonchev–Trinajstić information content (AvgIpc) is 3.22. The van der Waals surface area contributed by atoms with E-state index in [0.717, 1.165) is 45.1 Å². The Balaban J connectivity index is 1.52. The van der Waals surface area contributed by atoms with Crippen molar-refractivity contribution in [2.45, 2.75) is 17.9 Å². The second-order valence-corrected chi connectivity index (χ2v) is 8.26. The van der Waals surface area contributed by atoms with E-state index in [4.69, 9.17) is 9.97 Å². The Morgan fingerprint density at radius 1 is 1.04 bits per heavy atom. The molecule has 5 nitrogen and oxygen atoms in total. The number of benzene rings is 2. The maximum absolute atomic E-state index is 12.4. The van der Waals surface area contributed by atoms with Gasteiger partial charge in [-0.3, -0.25) is 4.79 Å². The van der Waals surface area contributed by atoms with E-state index in [2.05, 4.69) is 26.1 Å². The Hall–Kier alpha value is -2.12. The van der Waals surface area contributed by atoms with Gasteiger partial charge in [-0.25, -0.2) is 9.97 Å². The molecule has 1 N–H and O–H groups in total. The average molecular weight is 443 g/mol. The topological polar surface area (TPSA) is 58.1 Å². The Morgan fingerprint density at radius 2 is 1.70 bits per heavy atom. The molecule has 0 bridgehead atoms. The minimum absolute atomic E-state index is 0.0512. The zero-order valence-electron chi connectivity index (χ0n) is 14.7. The van der Waals surface area contributed by atoms with E-state index in [0.29, 0.717) is 5.75 Å². The van der Waals surface area contributed by atoms with Gasteiger partial charge in [-0.2, -0.15) is 0 Å². The van der Waals surface area contributed by atoms with Crippen LogP contribution < -0.4 is 10.2 Å². The lowest BCUT2D eigenvalue weighted by atomic mass is 10.3. The summed E-state index contributed by atoms with van der Waals surface area (Å²) in [5.41, 5.74) is 2.53. The zero-order valence-corrected chi connectivity index (χ0v) is 17.1. The third-order valence-electron chi connectivity index (χ3n) is 4.39. The van der Waals surface area contributed by atoms with Crippen LogP contribution in [-0.2, 0) is 4.79 Å². The number of para-hydroxylation sites is 2. The molecule has 1 saturated heterocycles. The molecule has 0 aliphatic carbocycles. The minimum Gasteiger partial charge on any atom is -0.354 e. The van der Waals surface area contributed by atoms with Crippen LogP contribution in [-0.4, -0.2) is 34.7 Å². The SMILES string of the molecule is O=C(CSc1nc2ccccc2nc1N1CCCC1)Nc1ccc(Br)cc1. The molecule has 7 heteroatoms. The van der Waals surface area contributed by atoms with E-state index in [1.807, 2.05) is 48.5 Å². The van der Waals surface area contributed by atoms with E-state index >= 15 is 0 Å². The summed E-state index contributed by atoms with van der Waals surface area (Å²) < 4.78 is 0.983. The number of thioether (sulfide) groups is 1. The lowest BCUT2D eigenvalue weighted by Gasteiger charge is -2.19. The van der Waals surface area contributed by atoms with E-state index in [9.17, 15) is 4.79 Å². The Labute approximate surface area is 170 Å². The first-order valence-electron chi connectivity index (χ1n) is 8.89. The van der Waals surface area contributed by atoms with Crippen molar-refractivity contribution in [2.75, 3.05) is 29.1 Å². The number of hydrogen-bond donors (Lipinski definition) is 1. The number of halogens is 1. The first-order chi connectivity index (χ1) is 13.2. The molecule has 2 heterocycles. The molecular weight excluding hydrogens is 424 g/mol. The van der Waals surface area contributed by atoms with Crippen molar-refractivity contribution < 1.29 is 4.79 Å². The summed E-state index contributed by atoms with van der Waals surface area (Å²) in [6.07, 6.45) is 2.34. The molecule has 0 unspecified atom stereocenters. The van der Waals surface area contributed by atoms with E-state index in [1.165, 1.54) is 24.6 Å². The fourth-order valence-electron chi connectivity index (χ4n) is 3.07. The molecule has 1 aromatic heterocycles. The van der Waals surface area contributed by atoms with Crippen molar-refractivity contribution in [3.8, 4) is 0 Å². The number of hydrogen-bond acceptors (Lipinski definition) is 5. The smallest absolute Gasteiger partial charge is 0.234 e. The van der Waals surface area contributed by atoms with E-state index in [1.54, 1.807) is 0 Å². The number of rotatable bonds is 5. The number of nitrogens with one attached hydrogen (secondary N) is 1. The first kappa shape index (κ1) is 18.3. The highest BCUT2D eigenvalue weighted by Gasteiger charge is 2.20. The second kappa shape index (κ2) is 8.27. The van der Waals surface area contributed by atoms with Gasteiger partial charge in [-0.15, -0.1) is 0 Å². The molecular formula is C20H19BrN4OS. The molecule has 27 heavy (non-hydrogen) atoms. The first-order valence-corrected chi connectivity index (χ1v) is 10.7. The number of carbonyl (C=O) groups is 1. The number of amides is 1. The van der Waals surface area contributed by atoms with Crippen LogP contribution in [0.15, 0.2) is 58.0 Å². The highest BCUT2D eigenvalue weighted by molar-refractivity contribution is 9.10. The van der Waals surface area contributed by atoms with Gasteiger partial charge < -0.3 is 10.2 Å². The van der Waals surface area contributed by atoms with Crippen LogP contribution in [0.25, 0.3) is 11.0 Å². The van der Waals surface area contributed by atoms with Crippen molar-refractivity contribution >= 4 is 56.1 Å². The van der Waals surface area contributed by atoms with Gasteiger partial charge >= 0.3 is 0 Å². The summed E-state index contributed by atoms with van der Waals surface area (Å²) in [6, 6.07) is 15.4. The summed E-state index contributed by atoms with van der Waals surface area (Å²) in [6.45, 7) is 1.98. The third kappa shape index (κ3) is 4.42. The normalized spacial score (nSPS) is 13.9. The van der Waals surface area contributed by atoms with Gasteiger partial charge in [0, 0.05) is 23.2 Å². The summed E-state index contributed by atoms with van der Waals surface area (Å²) >= 11 is 4.84. The molecule has 1 amide bonds. The van der Waals surface area contributed by atoms with Gasteiger partial charge in [-0.05, 0) is 49.2 Å². The number of aromatic nitrogens is 2. The van der Waals surface area contributed by atoms with Crippen LogP contribution in [0.5, 0.6) is 0 Å². The van der Waals surface area contributed by atoms with Crippen LogP contribution in [0.3, 0.4) is 0 Å². The molecule has 3 aromatic rings. The maximum Gasteiger partial charge on any atom is 0.234 e. The van der Waals surface area contributed by atoms with Crippen LogP contribution in [0.1, 0.15) is 12.8 Å². The summed E-state index contributed by atoms with van der Waals surface area (Å²) in [5.74, 6) is 1.14. The molecule has 0 saturated carbocycles. The molecule has 1 aliphatic heterocycles. The molecule has 138 valence electrons. The number of fused-ring (bicyclic) bond motifs is 1. The van der Waals surface area contributed by atoms with Gasteiger partial charge in [0.05, 0.1) is 16.8 Å². The van der Waals surface area contributed by atoms with Crippen LogP contribution in [0.4, 0.5) is 11.5 Å². The van der Waals surface area contributed by atoms with Gasteiger partial charge in [0.25, 0.3) is 0 Å². The predicted octanol–water partition coefficient (Wildman–Crippen LogP) is 4.72. The standard InChI is InChI=1S/C20H19BrN4OS/c21-14-7-9-15(10-8-14)22-18(26)13-27-20-19(25-11-3-4-12-25)23-16-5-1-2-6-17(16)24-20/h1-2,5-10H,3-4,11-13H2,(H,22,26). The summed E-state index contributed by atoms with van der Waals surface area (Å²) in [4.78, 5) is 24.3. The predicted molar refractivity (Wildman–Crippen MR) is 114 cm³/mol. The molecule has 0 radical (unpaired) electrons. The third-order valence-corrected chi connectivity index (χ3v) is 5.88. The highest BCUT2D eigenvalue weighted by atomic mass is 79.9. The van der Waals surface area contributed by atoms with Gasteiger partial charge in [0.2, 0.25) is 5.91 Å². The van der Waals surface area contributed by atoms with Crippen LogP contribution >= 0.6 is 27.7 Å². The van der Waals surface area contributed by atoms with Crippen molar-refractivity contribution in [1.82, 2.24) is 9.97 Å². The molecule has 4 rings (SSSR count). The minimum atomic E-state index is -0.0512. The highest BCUT2D eigenvalue weighted by Crippen LogP contribution is 2.31. The van der Waals surface area contributed by atoms with E-state index in [-0.39, 0.29) is 5.91 Å². The van der Waals surface area contributed by atoms with Crippen LogP contribution in [0.2, 0.25) is 0 Å². The quantitative estimate of drug-likeness (QED) is 0.579. The van der Waals surface area contributed by atoms with Crippen molar-refractivity contribution in [2.24, 2.45) is 0 Å². The molecule has 2 aromatic carbocycles. The zero-order chi connectivity index (χ0) is 18.6. The second-order valence-electron chi connectivity index (χ2n) is 6.38. The lowest BCUT2D eigenvalue weighted by Crippen LogP contribution is -2.21. The molecule has 0 spiro atoms. The van der Waals surface area contributed by atoms with Gasteiger partial charge in [-0.1, -0.05) is 39.8 Å². The van der Waals surface area contributed by atoms with Gasteiger partial charge in [0.1, 0.15) is 5.03 Å². The largest absolute Gasteiger partial charge is 0.354 e. The number of anilines is 2.